The average molecular weight is 170 g/mol. The molecule has 0 aliphatic rings. The van der Waals surface area contributed by atoms with Crippen molar-refractivity contribution in [1.29, 1.82) is 0 Å². The predicted octanol–water partition coefficient (Wildman–Crippen LogP) is 2.99. The van der Waals surface area contributed by atoms with Crippen LogP contribution in [0.25, 0.3) is 0 Å². The van der Waals surface area contributed by atoms with Gasteiger partial charge in [-0.05, 0) is 38.8 Å². The molecule has 0 radical (unpaired) electrons. The predicted molar refractivity (Wildman–Crippen MR) is 46.4 cm³/mol. The third-order valence-corrected chi connectivity index (χ3v) is 0.782. The molecule has 0 N–H and O–H groups in total. The molecule has 0 unspecified atom stereocenters. The number of carbonyl (C=O) groups excluding carboxylic acids is 1. The first-order valence-electron chi connectivity index (χ1n) is 3.66. The summed E-state index contributed by atoms with van der Waals surface area (Å²) in [6, 6.07) is 0. The lowest BCUT2D eigenvalue weighted by molar-refractivity contribution is 0.118. The number of hydrogen-bond acceptors (Lipinski definition) is 3. The second-order valence-electron chi connectivity index (χ2n) is 2.88. The molecule has 3 nitrogen and oxygen atoms in total. The number of carbonyl (C=O) groups is 1. The Balaban J connectivity index is 3.76. The van der Waals surface area contributed by atoms with Crippen molar-refractivity contribution in [2.24, 2.45) is 0 Å². The summed E-state index contributed by atoms with van der Waals surface area (Å²) in [5.74, 6) is 0. The second kappa shape index (κ2) is 5.41. The van der Waals surface area contributed by atoms with Crippen LogP contribution in [0.2, 0.25) is 0 Å². The SMILES string of the molecule is CC(C)=COC(=O)OC=C(C)C. The molecule has 0 aromatic rings. The van der Waals surface area contributed by atoms with Gasteiger partial charge in [0, 0.05) is 0 Å². The van der Waals surface area contributed by atoms with Crippen LogP contribution in [0.4, 0.5) is 4.79 Å². The highest BCUT2D eigenvalue weighted by Crippen LogP contribution is 1.95. The molecule has 0 amide bonds. The Hall–Kier alpha value is -1.25. The molecule has 0 bridgehead atoms. The normalized spacial score (nSPS) is 8.33. The van der Waals surface area contributed by atoms with Crippen molar-refractivity contribution in [1.82, 2.24) is 0 Å². The van der Waals surface area contributed by atoms with E-state index in [4.69, 9.17) is 0 Å². The lowest BCUT2D eigenvalue weighted by atomic mass is 10.4. The molecule has 68 valence electrons. The summed E-state index contributed by atoms with van der Waals surface area (Å²) < 4.78 is 9.17. The Morgan fingerprint density at radius 1 is 0.917 bits per heavy atom. The molecular formula is C9H14O3. The highest BCUT2D eigenvalue weighted by molar-refractivity contribution is 5.61. The zero-order chi connectivity index (χ0) is 9.56. The molecule has 0 aliphatic carbocycles. The van der Waals surface area contributed by atoms with Crippen molar-refractivity contribution >= 4 is 6.16 Å². The fourth-order valence-electron chi connectivity index (χ4n) is 0.360. The van der Waals surface area contributed by atoms with Gasteiger partial charge in [-0.1, -0.05) is 0 Å². The minimum absolute atomic E-state index is 0.711. The molecule has 0 atom stereocenters. The summed E-state index contributed by atoms with van der Waals surface area (Å²) in [7, 11) is 0. The van der Waals surface area contributed by atoms with Crippen LogP contribution in [0.5, 0.6) is 0 Å². The van der Waals surface area contributed by atoms with E-state index in [1.165, 1.54) is 12.5 Å². The largest absolute Gasteiger partial charge is 0.518 e. The molecule has 0 fully saturated rings. The van der Waals surface area contributed by atoms with Gasteiger partial charge in [0.2, 0.25) is 0 Å². The van der Waals surface area contributed by atoms with Crippen molar-refractivity contribution in [3.05, 3.63) is 23.7 Å². The maximum absolute atomic E-state index is 10.7. The summed E-state index contributed by atoms with van der Waals surface area (Å²) in [5, 5.41) is 0. The average Bonchev–Trinajstić information content (AvgIpc) is 1.96. The van der Waals surface area contributed by atoms with Crippen molar-refractivity contribution in [2.45, 2.75) is 27.7 Å². The molecule has 0 rings (SSSR count). The molecule has 0 saturated carbocycles. The topological polar surface area (TPSA) is 35.5 Å². The van der Waals surface area contributed by atoms with Crippen LogP contribution in [-0.2, 0) is 9.47 Å². The van der Waals surface area contributed by atoms with Gasteiger partial charge >= 0.3 is 6.16 Å². The molecule has 0 aromatic carbocycles. The van der Waals surface area contributed by atoms with Crippen molar-refractivity contribution in [3.8, 4) is 0 Å². The Kier molecular flexibility index (Phi) is 4.84. The third-order valence-electron chi connectivity index (χ3n) is 0.782. The number of hydrogen-bond donors (Lipinski definition) is 0. The van der Waals surface area contributed by atoms with Crippen LogP contribution in [0.3, 0.4) is 0 Å². The van der Waals surface area contributed by atoms with Gasteiger partial charge in [0.05, 0.1) is 12.5 Å². The Labute approximate surface area is 72.7 Å². The first-order chi connectivity index (χ1) is 5.52. The number of rotatable bonds is 2. The molecule has 12 heavy (non-hydrogen) atoms. The standard InChI is InChI=1S/C9H14O3/c1-7(2)5-11-9(10)12-6-8(3)4/h5-6H,1-4H3. The van der Waals surface area contributed by atoms with Crippen LogP contribution in [-0.4, -0.2) is 6.16 Å². The van der Waals surface area contributed by atoms with Crippen LogP contribution in [0, 0.1) is 0 Å². The monoisotopic (exact) mass is 170 g/mol. The van der Waals surface area contributed by atoms with E-state index >= 15 is 0 Å². The van der Waals surface area contributed by atoms with Gasteiger partial charge in [-0.15, -0.1) is 0 Å². The summed E-state index contributed by atoms with van der Waals surface area (Å²) >= 11 is 0. The number of ether oxygens (including phenoxy) is 2. The molecular weight excluding hydrogens is 156 g/mol. The van der Waals surface area contributed by atoms with Crippen molar-refractivity contribution in [3.63, 3.8) is 0 Å². The summed E-state index contributed by atoms with van der Waals surface area (Å²) in [6.45, 7) is 7.31. The fraction of sp³-hybridized carbons (Fsp3) is 0.444. The van der Waals surface area contributed by atoms with E-state index in [0.717, 1.165) is 11.1 Å². The minimum Gasteiger partial charge on any atom is -0.403 e. The van der Waals surface area contributed by atoms with E-state index in [9.17, 15) is 4.79 Å². The van der Waals surface area contributed by atoms with Gasteiger partial charge in [-0.25, -0.2) is 4.79 Å². The Bertz CT molecular complexity index is 184. The van der Waals surface area contributed by atoms with E-state index in [1.807, 2.05) is 27.7 Å². The van der Waals surface area contributed by atoms with Crippen molar-refractivity contribution in [2.75, 3.05) is 0 Å². The van der Waals surface area contributed by atoms with E-state index < -0.39 is 6.16 Å². The molecule has 0 aromatic heterocycles. The van der Waals surface area contributed by atoms with Gasteiger partial charge in [0.15, 0.2) is 0 Å². The smallest absolute Gasteiger partial charge is 0.403 e. The highest BCUT2D eigenvalue weighted by atomic mass is 16.7. The quantitative estimate of drug-likeness (QED) is 0.472. The van der Waals surface area contributed by atoms with E-state index in [0.29, 0.717) is 0 Å². The molecule has 0 aliphatic heterocycles. The molecule has 0 heterocycles. The maximum Gasteiger partial charge on any atom is 0.518 e. The van der Waals surface area contributed by atoms with Gasteiger partial charge in [0.25, 0.3) is 0 Å². The van der Waals surface area contributed by atoms with Crippen LogP contribution in [0.1, 0.15) is 27.7 Å². The first-order valence-corrected chi connectivity index (χ1v) is 3.66. The Morgan fingerprint density at radius 2 is 1.25 bits per heavy atom. The molecule has 3 heteroatoms. The zero-order valence-corrected chi connectivity index (χ0v) is 7.88. The van der Waals surface area contributed by atoms with Gasteiger partial charge in [-0.3, -0.25) is 0 Å². The van der Waals surface area contributed by atoms with Crippen LogP contribution < -0.4 is 0 Å². The van der Waals surface area contributed by atoms with Crippen molar-refractivity contribution < 1.29 is 14.3 Å². The summed E-state index contributed by atoms with van der Waals surface area (Å²) in [5.41, 5.74) is 1.81. The highest BCUT2D eigenvalue weighted by Gasteiger charge is 1.97. The third kappa shape index (κ3) is 6.86. The lowest BCUT2D eigenvalue weighted by Gasteiger charge is -1.97. The zero-order valence-electron chi connectivity index (χ0n) is 7.88. The second-order valence-corrected chi connectivity index (χ2v) is 2.88. The van der Waals surface area contributed by atoms with Crippen LogP contribution in [0.15, 0.2) is 23.7 Å². The number of allylic oxidation sites excluding steroid dienone is 2. The van der Waals surface area contributed by atoms with E-state index in [2.05, 4.69) is 9.47 Å². The van der Waals surface area contributed by atoms with E-state index in [1.54, 1.807) is 0 Å². The first kappa shape index (κ1) is 10.8. The van der Waals surface area contributed by atoms with Crippen LogP contribution >= 0.6 is 0 Å². The summed E-state index contributed by atoms with van der Waals surface area (Å²) in [6.07, 6.45) is 1.99. The molecule has 0 spiro atoms. The fourth-order valence-corrected chi connectivity index (χ4v) is 0.360. The minimum atomic E-state index is -0.711. The maximum atomic E-state index is 10.7. The van der Waals surface area contributed by atoms with Gasteiger partial charge in [-0.2, -0.15) is 0 Å². The van der Waals surface area contributed by atoms with E-state index in [-0.39, 0.29) is 0 Å². The molecule has 0 saturated heterocycles. The Morgan fingerprint density at radius 3 is 1.50 bits per heavy atom. The van der Waals surface area contributed by atoms with Gasteiger partial charge in [0.1, 0.15) is 0 Å². The van der Waals surface area contributed by atoms with Gasteiger partial charge < -0.3 is 9.47 Å². The summed E-state index contributed by atoms with van der Waals surface area (Å²) in [4.78, 5) is 10.7. The lowest BCUT2D eigenvalue weighted by Crippen LogP contribution is -1.98.